The van der Waals surface area contributed by atoms with Gasteiger partial charge in [0.15, 0.2) is 5.25 Å². The summed E-state index contributed by atoms with van der Waals surface area (Å²) >= 11 is 0. The third-order valence-electron chi connectivity index (χ3n) is 2.48. The van der Waals surface area contributed by atoms with Gasteiger partial charge >= 0.3 is 12.3 Å². The SMILES string of the molecule is CC(C(=O)O)S(=O)(=O)NCc1ccccc1OC(F)(F)F. The second-order valence-corrected chi connectivity index (χ2v) is 6.09. The van der Waals surface area contributed by atoms with Crippen molar-refractivity contribution in [3.8, 4) is 5.75 Å². The number of nitrogens with one attached hydrogen (secondary N) is 1. The van der Waals surface area contributed by atoms with Gasteiger partial charge in [0.2, 0.25) is 10.0 Å². The minimum Gasteiger partial charge on any atom is -0.480 e. The summed E-state index contributed by atoms with van der Waals surface area (Å²) < 4.78 is 65.4. The van der Waals surface area contributed by atoms with E-state index in [-0.39, 0.29) is 5.56 Å². The van der Waals surface area contributed by atoms with Crippen LogP contribution in [0.3, 0.4) is 0 Å². The number of halogens is 3. The van der Waals surface area contributed by atoms with E-state index < -0.39 is 39.9 Å². The Balaban J connectivity index is 2.88. The van der Waals surface area contributed by atoms with E-state index in [9.17, 15) is 26.4 Å². The fourth-order valence-electron chi connectivity index (χ4n) is 1.31. The summed E-state index contributed by atoms with van der Waals surface area (Å²) in [5.41, 5.74) is -0.0732. The van der Waals surface area contributed by atoms with E-state index in [1.807, 2.05) is 4.72 Å². The molecule has 0 spiro atoms. The predicted molar refractivity (Wildman–Crippen MR) is 66.0 cm³/mol. The standard InChI is InChI=1S/C11H12F3NO5S/c1-7(10(16)17)21(18,19)15-6-8-4-2-3-5-9(8)20-11(12,13)14/h2-5,7,15H,6H2,1H3,(H,16,17). The maximum atomic E-state index is 12.2. The quantitative estimate of drug-likeness (QED) is 0.825. The van der Waals surface area contributed by atoms with E-state index in [1.54, 1.807) is 0 Å². The minimum absolute atomic E-state index is 0.0732. The number of benzene rings is 1. The van der Waals surface area contributed by atoms with Gasteiger partial charge < -0.3 is 9.84 Å². The number of aliphatic carboxylic acids is 1. The number of rotatable bonds is 6. The number of hydrogen-bond acceptors (Lipinski definition) is 4. The van der Waals surface area contributed by atoms with Crippen molar-refractivity contribution >= 4 is 16.0 Å². The molecule has 0 fully saturated rings. The minimum atomic E-state index is -4.91. The van der Waals surface area contributed by atoms with Crippen LogP contribution in [0.25, 0.3) is 0 Å². The summed E-state index contributed by atoms with van der Waals surface area (Å²) in [5.74, 6) is -2.13. The smallest absolute Gasteiger partial charge is 0.480 e. The summed E-state index contributed by atoms with van der Waals surface area (Å²) in [6.07, 6.45) is -4.91. The maximum Gasteiger partial charge on any atom is 0.573 e. The molecule has 0 aromatic heterocycles. The molecule has 0 bridgehead atoms. The number of ether oxygens (including phenoxy) is 1. The Morgan fingerprint density at radius 3 is 2.48 bits per heavy atom. The van der Waals surface area contributed by atoms with Gasteiger partial charge in [0, 0.05) is 12.1 Å². The molecule has 1 rings (SSSR count). The molecule has 1 aromatic carbocycles. The largest absolute Gasteiger partial charge is 0.573 e. The Morgan fingerprint density at radius 1 is 1.38 bits per heavy atom. The van der Waals surface area contributed by atoms with E-state index >= 15 is 0 Å². The zero-order valence-corrected chi connectivity index (χ0v) is 11.5. The Labute approximate surface area is 118 Å². The number of sulfonamides is 1. The Hall–Kier alpha value is -1.81. The molecule has 2 N–H and O–H groups in total. The summed E-state index contributed by atoms with van der Waals surface area (Å²) in [5, 5.41) is 6.90. The molecule has 10 heteroatoms. The number of carboxylic acids is 1. The van der Waals surface area contributed by atoms with Crippen LogP contribution < -0.4 is 9.46 Å². The molecule has 6 nitrogen and oxygen atoms in total. The molecule has 0 aliphatic heterocycles. The van der Waals surface area contributed by atoms with Gasteiger partial charge in [0.25, 0.3) is 0 Å². The summed E-state index contributed by atoms with van der Waals surface area (Å²) in [6.45, 7) is 0.426. The topological polar surface area (TPSA) is 92.7 Å². The molecule has 0 saturated carbocycles. The van der Waals surface area contributed by atoms with Crippen LogP contribution in [0.5, 0.6) is 5.75 Å². The highest BCUT2D eigenvalue weighted by Crippen LogP contribution is 2.26. The lowest BCUT2D eigenvalue weighted by molar-refractivity contribution is -0.274. The highest BCUT2D eigenvalue weighted by Gasteiger charge is 2.32. The average molecular weight is 327 g/mol. The van der Waals surface area contributed by atoms with Crippen LogP contribution in [-0.2, 0) is 21.4 Å². The molecule has 118 valence electrons. The van der Waals surface area contributed by atoms with Crippen molar-refractivity contribution < 1.29 is 36.2 Å². The summed E-state index contributed by atoms with van der Waals surface area (Å²) in [6, 6.07) is 4.94. The third-order valence-corrected chi connectivity index (χ3v) is 4.15. The summed E-state index contributed by atoms with van der Waals surface area (Å²) in [7, 11) is -4.20. The van der Waals surface area contributed by atoms with Gasteiger partial charge in [-0.15, -0.1) is 13.2 Å². The van der Waals surface area contributed by atoms with Crippen molar-refractivity contribution in [1.82, 2.24) is 4.72 Å². The number of alkyl halides is 3. The van der Waals surface area contributed by atoms with Gasteiger partial charge in [-0.3, -0.25) is 4.79 Å². The van der Waals surface area contributed by atoms with E-state index in [4.69, 9.17) is 5.11 Å². The van der Waals surface area contributed by atoms with E-state index in [0.717, 1.165) is 13.0 Å². The van der Waals surface area contributed by atoms with Crippen molar-refractivity contribution in [3.63, 3.8) is 0 Å². The molecule has 0 saturated heterocycles. The lowest BCUT2D eigenvalue weighted by Gasteiger charge is -2.14. The normalized spacial score (nSPS) is 13.7. The first-order valence-electron chi connectivity index (χ1n) is 5.58. The number of carbonyl (C=O) groups is 1. The molecular weight excluding hydrogens is 315 g/mol. The third kappa shape index (κ3) is 5.23. The molecule has 0 heterocycles. The number of carboxylic acid groups (broad SMARTS) is 1. The Bertz CT molecular complexity index is 615. The summed E-state index contributed by atoms with van der Waals surface area (Å²) in [4.78, 5) is 10.6. The molecule has 1 aromatic rings. The van der Waals surface area contributed by atoms with Gasteiger partial charge in [-0.05, 0) is 13.0 Å². The fraction of sp³-hybridized carbons (Fsp3) is 0.364. The van der Waals surface area contributed by atoms with Crippen LogP contribution in [0.1, 0.15) is 12.5 Å². The molecule has 0 radical (unpaired) electrons. The first-order chi connectivity index (χ1) is 9.53. The van der Waals surface area contributed by atoms with Crippen LogP contribution in [0, 0.1) is 0 Å². The molecular formula is C11H12F3NO5S. The number of para-hydroxylation sites is 1. The van der Waals surface area contributed by atoms with Gasteiger partial charge in [-0.2, -0.15) is 0 Å². The van der Waals surface area contributed by atoms with Crippen molar-refractivity contribution in [2.24, 2.45) is 0 Å². The lowest BCUT2D eigenvalue weighted by atomic mass is 10.2. The van der Waals surface area contributed by atoms with E-state index in [0.29, 0.717) is 0 Å². The van der Waals surface area contributed by atoms with E-state index in [2.05, 4.69) is 4.74 Å². The van der Waals surface area contributed by atoms with Gasteiger partial charge in [-0.25, -0.2) is 13.1 Å². The zero-order chi connectivity index (χ0) is 16.3. The molecule has 0 aliphatic rings. The molecule has 0 amide bonds. The average Bonchev–Trinajstić information content (AvgIpc) is 2.35. The fourth-order valence-corrected chi connectivity index (χ4v) is 2.18. The maximum absolute atomic E-state index is 12.2. The first kappa shape index (κ1) is 17.2. The molecule has 1 unspecified atom stereocenters. The second kappa shape index (κ2) is 6.31. The lowest BCUT2D eigenvalue weighted by Crippen LogP contribution is -2.37. The van der Waals surface area contributed by atoms with Crippen molar-refractivity contribution in [2.45, 2.75) is 25.1 Å². The van der Waals surface area contributed by atoms with Gasteiger partial charge in [0.05, 0.1) is 0 Å². The number of hydrogen-bond donors (Lipinski definition) is 2. The molecule has 1 atom stereocenters. The van der Waals surface area contributed by atoms with Crippen molar-refractivity contribution in [2.75, 3.05) is 0 Å². The predicted octanol–water partition coefficient (Wildman–Crippen LogP) is 1.48. The second-order valence-electron chi connectivity index (χ2n) is 4.00. The van der Waals surface area contributed by atoms with Gasteiger partial charge in [0.1, 0.15) is 5.75 Å². The highest BCUT2D eigenvalue weighted by atomic mass is 32.2. The Morgan fingerprint density at radius 2 is 1.95 bits per heavy atom. The van der Waals surface area contributed by atoms with Crippen LogP contribution in [0.2, 0.25) is 0 Å². The van der Waals surface area contributed by atoms with Gasteiger partial charge in [-0.1, -0.05) is 18.2 Å². The highest BCUT2D eigenvalue weighted by molar-refractivity contribution is 7.90. The van der Waals surface area contributed by atoms with Crippen molar-refractivity contribution in [1.29, 1.82) is 0 Å². The molecule has 21 heavy (non-hydrogen) atoms. The van der Waals surface area contributed by atoms with Crippen LogP contribution in [-0.4, -0.2) is 31.1 Å². The first-order valence-corrected chi connectivity index (χ1v) is 7.12. The van der Waals surface area contributed by atoms with Crippen LogP contribution >= 0.6 is 0 Å². The van der Waals surface area contributed by atoms with Crippen molar-refractivity contribution in [3.05, 3.63) is 29.8 Å². The van der Waals surface area contributed by atoms with Crippen LogP contribution in [0.15, 0.2) is 24.3 Å². The zero-order valence-electron chi connectivity index (χ0n) is 10.7. The Kier molecular flexibility index (Phi) is 5.18. The molecule has 0 aliphatic carbocycles. The van der Waals surface area contributed by atoms with Crippen LogP contribution in [0.4, 0.5) is 13.2 Å². The van der Waals surface area contributed by atoms with E-state index in [1.165, 1.54) is 18.2 Å². The monoisotopic (exact) mass is 327 g/mol.